The van der Waals surface area contributed by atoms with Crippen molar-refractivity contribution in [2.75, 3.05) is 7.05 Å². The first-order valence-electron chi connectivity index (χ1n) is 4.26. The zero-order valence-electron chi connectivity index (χ0n) is 7.67. The monoisotopic (exact) mass is 211 g/mol. The fraction of sp³-hybridized carbons (Fsp3) is 0.200. The molecule has 0 radical (unpaired) electrons. The molecule has 1 aromatic heterocycles. The van der Waals surface area contributed by atoms with Gasteiger partial charge in [0.05, 0.1) is 0 Å². The van der Waals surface area contributed by atoms with Gasteiger partial charge in [-0.25, -0.2) is 0 Å². The second kappa shape index (κ2) is 3.52. The molecule has 0 spiro atoms. The molecule has 0 amide bonds. The van der Waals surface area contributed by atoms with Gasteiger partial charge in [0.1, 0.15) is 11.3 Å². The fourth-order valence-corrected chi connectivity index (χ4v) is 1.62. The maximum atomic E-state index is 9.62. The van der Waals surface area contributed by atoms with E-state index in [1.807, 2.05) is 7.05 Å². The molecule has 1 aromatic carbocycles. The molecule has 0 aliphatic rings. The lowest BCUT2D eigenvalue weighted by molar-refractivity contribution is 0.466. The molecule has 74 valence electrons. The van der Waals surface area contributed by atoms with Crippen molar-refractivity contribution >= 4 is 22.6 Å². The summed E-state index contributed by atoms with van der Waals surface area (Å²) >= 11 is 5.70. The minimum Gasteiger partial charge on any atom is -0.508 e. The van der Waals surface area contributed by atoms with Crippen LogP contribution in [0.1, 0.15) is 5.56 Å². The van der Waals surface area contributed by atoms with Gasteiger partial charge in [-0.15, -0.1) is 0 Å². The highest BCUT2D eigenvalue weighted by atomic mass is 35.5. The summed E-state index contributed by atoms with van der Waals surface area (Å²) in [6.07, 6.45) is 0. The number of hydrogen-bond acceptors (Lipinski definition) is 3. The van der Waals surface area contributed by atoms with Crippen molar-refractivity contribution in [3.05, 3.63) is 29.0 Å². The lowest BCUT2D eigenvalue weighted by Gasteiger charge is -2.02. The SMILES string of the molecule is CNCc1cc2oc(Cl)cc2cc1O. The Balaban J connectivity index is 2.58. The van der Waals surface area contributed by atoms with Crippen molar-refractivity contribution in [1.29, 1.82) is 0 Å². The first-order valence-corrected chi connectivity index (χ1v) is 4.64. The highest BCUT2D eigenvalue weighted by Gasteiger charge is 2.07. The van der Waals surface area contributed by atoms with Crippen LogP contribution in [0.3, 0.4) is 0 Å². The molecule has 2 N–H and O–H groups in total. The average molecular weight is 212 g/mol. The number of halogens is 1. The Bertz CT molecular complexity index is 464. The number of phenolic OH excluding ortho intramolecular Hbond substituents is 1. The first kappa shape index (κ1) is 9.37. The molecular weight excluding hydrogens is 202 g/mol. The highest BCUT2D eigenvalue weighted by Crippen LogP contribution is 2.29. The van der Waals surface area contributed by atoms with Crippen molar-refractivity contribution in [1.82, 2.24) is 5.32 Å². The smallest absolute Gasteiger partial charge is 0.194 e. The lowest BCUT2D eigenvalue weighted by Crippen LogP contribution is -2.04. The summed E-state index contributed by atoms with van der Waals surface area (Å²) in [5, 5.41) is 13.7. The second-order valence-corrected chi connectivity index (χ2v) is 3.47. The minimum atomic E-state index is 0.254. The molecule has 0 fully saturated rings. The van der Waals surface area contributed by atoms with Gasteiger partial charge in [-0.05, 0) is 30.8 Å². The average Bonchev–Trinajstić information content (AvgIpc) is 2.45. The molecular formula is C10H10ClNO2. The summed E-state index contributed by atoms with van der Waals surface area (Å²) in [5.74, 6) is 0.254. The third-order valence-corrected chi connectivity index (χ3v) is 2.24. The summed E-state index contributed by atoms with van der Waals surface area (Å²) in [7, 11) is 1.82. The van der Waals surface area contributed by atoms with Crippen LogP contribution in [0, 0.1) is 0 Å². The summed E-state index contributed by atoms with van der Waals surface area (Å²) < 4.78 is 5.24. The molecule has 14 heavy (non-hydrogen) atoms. The molecule has 0 aliphatic heterocycles. The molecule has 0 saturated carbocycles. The largest absolute Gasteiger partial charge is 0.508 e. The summed E-state index contributed by atoms with van der Waals surface area (Å²) in [4.78, 5) is 0. The Morgan fingerprint density at radius 3 is 2.93 bits per heavy atom. The number of rotatable bonds is 2. The number of aromatic hydroxyl groups is 1. The lowest BCUT2D eigenvalue weighted by atomic mass is 10.1. The first-order chi connectivity index (χ1) is 6.70. The van der Waals surface area contributed by atoms with Gasteiger partial charge in [0.15, 0.2) is 5.22 Å². The number of phenols is 1. The van der Waals surface area contributed by atoms with Gasteiger partial charge in [-0.2, -0.15) is 0 Å². The predicted octanol–water partition coefficient (Wildman–Crippen LogP) is 2.51. The van der Waals surface area contributed by atoms with Gasteiger partial charge in [-0.1, -0.05) is 0 Å². The van der Waals surface area contributed by atoms with E-state index in [9.17, 15) is 5.11 Å². The van der Waals surface area contributed by atoms with Crippen LogP contribution in [0.5, 0.6) is 5.75 Å². The number of nitrogens with one attached hydrogen (secondary N) is 1. The van der Waals surface area contributed by atoms with E-state index in [2.05, 4.69) is 5.32 Å². The van der Waals surface area contributed by atoms with Gasteiger partial charge < -0.3 is 14.8 Å². The zero-order valence-corrected chi connectivity index (χ0v) is 8.43. The highest BCUT2D eigenvalue weighted by molar-refractivity contribution is 6.29. The van der Waals surface area contributed by atoms with Crippen LogP contribution in [0.15, 0.2) is 22.6 Å². The number of benzene rings is 1. The zero-order chi connectivity index (χ0) is 10.1. The molecule has 1 heterocycles. The van der Waals surface area contributed by atoms with E-state index >= 15 is 0 Å². The summed E-state index contributed by atoms with van der Waals surface area (Å²) in [6, 6.07) is 5.12. The molecule has 0 saturated heterocycles. The van der Waals surface area contributed by atoms with Gasteiger partial charge in [0, 0.05) is 23.6 Å². The molecule has 0 unspecified atom stereocenters. The Labute approximate surface area is 86.3 Å². The van der Waals surface area contributed by atoms with Crippen LogP contribution >= 0.6 is 11.6 Å². The number of hydrogen-bond donors (Lipinski definition) is 2. The fourth-order valence-electron chi connectivity index (χ4n) is 1.42. The van der Waals surface area contributed by atoms with E-state index in [-0.39, 0.29) is 5.75 Å². The van der Waals surface area contributed by atoms with E-state index in [0.29, 0.717) is 17.3 Å². The Morgan fingerprint density at radius 1 is 1.43 bits per heavy atom. The Kier molecular flexibility index (Phi) is 2.35. The maximum absolute atomic E-state index is 9.62. The van der Waals surface area contributed by atoms with Crippen LogP contribution in [-0.2, 0) is 6.54 Å². The summed E-state index contributed by atoms with van der Waals surface area (Å²) in [5.41, 5.74) is 1.49. The van der Waals surface area contributed by atoms with Crippen molar-refractivity contribution in [3.63, 3.8) is 0 Å². The van der Waals surface area contributed by atoms with Crippen LogP contribution in [0.2, 0.25) is 5.22 Å². The third-order valence-electron chi connectivity index (χ3n) is 2.05. The van der Waals surface area contributed by atoms with Crippen LogP contribution < -0.4 is 5.32 Å². The van der Waals surface area contributed by atoms with Crippen molar-refractivity contribution in [2.24, 2.45) is 0 Å². The minimum absolute atomic E-state index is 0.254. The topological polar surface area (TPSA) is 45.4 Å². The van der Waals surface area contributed by atoms with E-state index in [1.54, 1.807) is 18.2 Å². The normalized spacial score (nSPS) is 11.0. The Hall–Kier alpha value is -1.19. The quantitative estimate of drug-likeness (QED) is 0.803. The predicted molar refractivity (Wildman–Crippen MR) is 55.7 cm³/mol. The van der Waals surface area contributed by atoms with Crippen LogP contribution in [0.25, 0.3) is 11.0 Å². The van der Waals surface area contributed by atoms with Crippen molar-refractivity contribution in [2.45, 2.75) is 6.54 Å². The molecule has 4 heteroatoms. The molecule has 2 aromatic rings. The van der Waals surface area contributed by atoms with Crippen LogP contribution in [-0.4, -0.2) is 12.2 Å². The number of furan rings is 1. The molecule has 0 atom stereocenters. The van der Waals surface area contributed by atoms with Gasteiger partial charge in [0.25, 0.3) is 0 Å². The van der Waals surface area contributed by atoms with E-state index in [4.69, 9.17) is 16.0 Å². The van der Waals surface area contributed by atoms with Crippen molar-refractivity contribution in [3.8, 4) is 5.75 Å². The van der Waals surface area contributed by atoms with Gasteiger partial charge >= 0.3 is 0 Å². The molecule has 0 bridgehead atoms. The van der Waals surface area contributed by atoms with E-state index in [1.165, 1.54) is 0 Å². The van der Waals surface area contributed by atoms with Crippen LogP contribution in [0.4, 0.5) is 0 Å². The van der Waals surface area contributed by atoms with Gasteiger partial charge in [0.2, 0.25) is 0 Å². The Morgan fingerprint density at radius 2 is 2.21 bits per heavy atom. The molecule has 3 nitrogen and oxygen atoms in total. The van der Waals surface area contributed by atoms with E-state index < -0.39 is 0 Å². The molecule has 2 rings (SSSR count). The maximum Gasteiger partial charge on any atom is 0.194 e. The standard InChI is InChI=1S/C10H10ClNO2/c1-12-5-7-3-9-6(2-8(7)13)4-10(11)14-9/h2-4,12-13H,5H2,1H3. The summed E-state index contributed by atoms with van der Waals surface area (Å²) in [6.45, 7) is 0.597. The van der Waals surface area contributed by atoms with E-state index in [0.717, 1.165) is 10.9 Å². The second-order valence-electron chi connectivity index (χ2n) is 3.10. The number of fused-ring (bicyclic) bond motifs is 1. The van der Waals surface area contributed by atoms with Gasteiger partial charge in [-0.3, -0.25) is 0 Å². The van der Waals surface area contributed by atoms with Crippen molar-refractivity contribution < 1.29 is 9.52 Å². The third kappa shape index (κ3) is 1.56. The molecule has 0 aliphatic carbocycles.